The molecule has 35 heavy (non-hydrogen) atoms. The molecule has 1 N–H and O–H groups in total. The molecule has 3 aromatic rings. The average Bonchev–Trinajstić information content (AvgIpc) is 3.38. The third-order valence-corrected chi connectivity index (χ3v) is 6.91. The lowest BCUT2D eigenvalue weighted by atomic mass is 9.85. The summed E-state index contributed by atoms with van der Waals surface area (Å²) >= 11 is 1.21. The molecule has 1 amide bonds. The first-order chi connectivity index (χ1) is 16.6. The van der Waals surface area contributed by atoms with Crippen LogP contribution in [0.1, 0.15) is 48.5 Å². The molecule has 0 saturated carbocycles. The van der Waals surface area contributed by atoms with Crippen molar-refractivity contribution in [1.82, 2.24) is 10.2 Å². The van der Waals surface area contributed by atoms with E-state index >= 15 is 0 Å². The highest BCUT2D eigenvalue weighted by Gasteiger charge is 2.48. The van der Waals surface area contributed by atoms with Crippen LogP contribution in [0.5, 0.6) is 11.5 Å². The van der Waals surface area contributed by atoms with Crippen molar-refractivity contribution >= 4 is 33.9 Å². The van der Waals surface area contributed by atoms with Crippen LogP contribution in [0, 0.1) is 6.92 Å². The minimum atomic E-state index is -0.857. The van der Waals surface area contributed by atoms with Crippen LogP contribution < -0.4 is 14.4 Å². The number of rotatable bonds is 3. The number of carbonyl (C=O) groups is 2. The molecular formula is C26H25N3O5S. The lowest BCUT2D eigenvalue weighted by Gasteiger charge is -2.24. The van der Waals surface area contributed by atoms with E-state index in [1.807, 2.05) is 24.3 Å². The predicted octanol–water partition coefficient (Wildman–Crippen LogP) is 4.54. The van der Waals surface area contributed by atoms with Crippen molar-refractivity contribution in [2.75, 3.05) is 18.1 Å². The van der Waals surface area contributed by atoms with Crippen molar-refractivity contribution in [3.63, 3.8) is 0 Å². The first kappa shape index (κ1) is 23.0. The minimum absolute atomic E-state index is 0.0111. The van der Waals surface area contributed by atoms with Gasteiger partial charge in [0.25, 0.3) is 5.78 Å². The van der Waals surface area contributed by atoms with E-state index in [0.29, 0.717) is 46.0 Å². The number of Topliss-reactive ketones (excluding diaryl/α,β-unsaturated/α-hetero) is 1. The van der Waals surface area contributed by atoms with Gasteiger partial charge in [-0.1, -0.05) is 56.4 Å². The molecule has 1 saturated heterocycles. The molecule has 2 aliphatic heterocycles. The summed E-state index contributed by atoms with van der Waals surface area (Å²) in [6.07, 6.45) is 0. The number of aliphatic hydroxyl groups is 1. The van der Waals surface area contributed by atoms with Crippen LogP contribution in [0.25, 0.3) is 5.76 Å². The maximum Gasteiger partial charge on any atom is 0.301 e. The zero-order valence-corrected chi connectivity index (χ0v) is 20.7. The van der Waals surface area contributed by atoms with Crippen molar-refractivity contribution in [2.24, 2.45) is 0 Å². The second-order valence-electron chi connectivity index (χ2n) is 9.50. The first-order valence-electron chi connectivity index (χ1n) is 11.3. The number of benzene rings is 2. The molecule has 9 heteroatoms. The molecule has 0 aliphatic carbocycles. The Morgan fingerprint density at radius 1 is 1.03 bits per heavy atom. The van der Waals surface area contributed by atoms with Crippen LogP contribution in [-0.4, -0.2) is 40.2 Å². The summed E-state index contributed by atoms with van der Waals surface area (Å²) in [5, 5.41) is 20.5. The molecule has 8 nitrogen and oxygen atoms in total. The largest absolute Gasteiger partial charge is 0.507 e. The van der Waals surface area contributed by atoms with E-state index in [1.54, 1.807) is 25.1 Å². The van der Waals surface area contributed by atoms with Gasteiger partial charge in [0.05, 0.1) is 11.6 Å². The fraction of sp³-hybridized carbons (Fsp3) is 0.308. The number of fused-ring (bicyclic) bond motifs is 1. The molecule has 0 radical (unpaired) electrons. The molecule has 180 valence electrons. The van der Waals surface area contributed by atoms with Crippen molar-refractivity contribution in [2.45, 2.75) is 39.2 Å². The summed E-state index contributed by atoms with van der Waals surface area (Å²) < 4.78 is 11.2. The second-order valence-corrected chi connectivity index (χ2v) is 10.7. The number of ether oxygens (including phenoxy) is 2. The van der Waals surface area contributed by atoms with E-state index in [2.05, 4.69) is 31.0 Å². The molecule has 3 heterocycles. The van der Waals surface area contributed by atoms with Crippen LogP contribution in [0.3, 0.4) is 0 Å². The molecule has 0 unspecified atom stereocenters. The summed E-state index contributed by atoms with van der Waals surface area (Å²) in [7, 11) is 0. The summed E-state index contributed by atoms with van der Waals surface area (Å²) in [5.41, 5.74) is 2.07. The smallest absolute Gasteiger partial charge is 0.301 e. The molecule has 0 spiro atoms. The molecule has 1 fully saturated rings. The van der Waals surface area contributed by atoms with E-state index in [9.17, 15) is 14.7 Å². The maximum absolute atomic E-state index is 13.3. The number of carbonyl (C=O) groups excluding carboxylic acids is 2. The number of aliphatic hydroxyl groups excluding tert-OH is 1. The van der Waals surface area contributed by atoms with Gasteiger partial charge in [-0.05, 0) is 41.7 Å². The molecule has 2 aliphatic rings. The Balaban J connectivity index is 1.67. The number of hydrogen-bond donors (Lipinski definition) is 1. The molecule has 2 aromatic carbocycles. The highest BCUT2D eigenvalue weighted by molar-refractivity contribution is 7.15. The molecular weight excluding hydrogens is 466 g/mol. The van der Waals surface area contributed by atoms with Gasteiger partial charge in [-0.15, -0.1) is 10.2 Å². The van der Waals surface area contributed by atoms with Gasteiger partial charge >= 0.3 is 5.91 Å². The Bertz CT molecular complexity index is 1350. The first-order valence-corrected chi connectivity index (χ1v) is 12.1. The SMILES string of the molecule is Cc1nnc(N2C(=O)C(=O)/C(=C(/O)c3ccc4c(c3)OCCO4)[C@H]2c2ccc(C(C)(C)C)cc2)s1. The van der Waals surface area contributed by atoms with Crippen LogP contribution >= 0.6 is 11.3 Å². The Morgan fingerprint density at radius 2 is 1.71 bits per heavy atom. The summed E-state index contributed by atoms with van der Waals surface area (Å²) in [6.45, 7) is 8.94. The van der Waals surface area contributed by atoms with Gasteiger partial charge in [0, 0.05) is 5.56 Å². The van der Waals surface area contributed by atoms with Gasteiger partial charge in [0.15, 0.2) is 11.5 Å². The van der Waals surface area contributed by atoms with Gasteiger partial charge in [0.2, 0.25) is 5.13 Å². The van der Waals surface area contributed by atoms with Gasteiger partial charge < -0.3 is 14.6 Å². The highest BCUT2D eigenvalue weighted by Crippen LogP contribution is 2.44. The standard InChI is InChI=1S/C26H25N3O5S/c1-14-27-28-25(35-14)29-21(15-5-8-17(9-6-15)26(2,3)4)20(23(31)24(29)32)22(30)16-7-10-18-19(13-16)34-12-11-33-18/h5-10,13,21,30H,11-12H2,1-4H3/b22-20+/t21-/m1/s1. The van der Waals surface area contributed by atoms with Gasteiger partial charge in [0.1, 0.15) is 24.0 Å². The van der Waals surface area contributed by atoms with Crippen LogP contribution in [0.4, 0.5) is 5.13 Å². The van der Waals surface area contributed by atoms with Crippen LogP contribution in [0.2, 0.25) is 0 Å². The lowest BCUT2D eigenvalue weighted by Crippen LogP contribution is -2.29. The number of ketones is 1. The Hall–Kier alpha value is -3.72. The second kappa shape index (κ2) is 8.49. The third kappa shape index (κ3) is 4.05. The van der Waals surface area contributed by atoms with E-state index in [4.69, 9.17) is 9.47 Å². The zero-order valence-electron chi connectivity index (χ0n) is 19.9. The third-order valence-electron chi connectivity index (χ3n) is 6.07. The molecule has 1 aromatic heterocycles. The Labute approximate surface area is 206 Å². The summed E-state index contributed by atoms with van der Waals surface area (Å²) in [4.78, 5) is 27.9. The fourth-order valence-corrected chi connectivity index (χ4v) is 4.95. The van der Waals surface area contributed by atoms with E-state index < -0.39 is 17.7 Å². The van der Waals surface area contributed by atoms with Crippen molar-refractivity contribution < 1.29 is 24.2 Å². The number of aromatic nitrogens is 2. The minimum Gasteiger partial charge on any atom is -0.507 e. The van der Waals surface area contributed by atoms with E-state index in [0.717, 1.165) is 5.56 Å². The number of nitrogens with zero attached hydrogens (tertiary/aromatic N) is 3. The Kier molecular flexibility index (Phi) is 5.59. The van der Waals surface area contributed by atoms with Gasteiger partial charge in [-0.2, -0.15) is 0 Å². The van der Waals surface area contributed by atoms with E-state index in [1.165, 1.54) is 16.2 Å². The van der Waals surface area contributed by atoms with Crippen molar-refractivity contribution in [1.29, 1.82) is 0 Å². The number of hydrogen-bond acceptors (Lipinski definition) is 8. The maximum atomic E-state index is 13.3. The molecule has 5 rings (SSSR count). The highest BCUT2D eigenvalue weighted by atomic mass is 32.1. The zero-order chi connectivity index (χ0) is 24.9. The normalized spacial score (nSPS) is 19.3. The summed E-state index contributed by atoms with van der Waals surface area (Å²) in [6, 6.07) is 11.8. The Morgan fingerprint density at radius 3 is 2.34 bits per heavy atom. The van der Waals surface area contributed by atoms with Gasteiger partial charge in [-0.25, -0.2) is 0 Å². The van der Waals surface area contributed by atoms with Crippen LogP contribution in [0.15, 0.2) is 48.0 Å². The number of aryl methyl sites for hydroxylation is 1. The van der Waals surface area contributed by atoms with E-state index in [-0.39, 0.29) is 16.7 Å². The molecule has 0 bridgehead atoms. The monoisotopic (exact) mass is 491 g/mol. The molecule has 1 atom stereocenters. The number of anilines is 1. The quantitative estimate of drug-likeness (QED) is 0.326. The number of amides is 1. The fourth-order valence-electron chi connectivity index (χ4n) is 4.24. The van der Waals surface area contributed by atoms with Crippen molar-refractivity contribution in [3.8, 4) is 11.5 Å². The predicted molar refractivity (Wildman–Crippen MR) is 132 cm³/mol. The lowest BCUT2D eigenvalue weighted by molar-refractivity contribution is -0.132. The average molecular weight is 492 g/mol. The summed E-state index contributed by atoms with van der Waals surface area (Å²) in [5.74, 6) is -0.790. The van der Waals surface area contributed by atoms with Crippen LogP contribution in [-0.2, 0) is 15.0 Å². The van der Waals surface area contributed by atoms with Crippen molar-refractivity contribution in [3.05, 3.63) is 69.7 Å². The topological polar surface area (TPSA) is 102 Å². The van der Waals surface area contributed by atoms with Gasteiger partial charge in [-0.3, -0.25) is 14.5 Å².